The van der Waals surface area contributed by atoms with Crippen molar-refractivity contribution >= 4 is 29.3 Å². The number of nitrogens with one attached hydrogen (secondary N) is 2. The van der Waals surface area contributed by atoms with E-state index in [9.17, 15) is 19.5 Å². The number of carbonyl (C=O) groups excluding carboxylic acids is 2. The number of aliphatic carboxylic acids is 1. The molecular formula is C18H25N3O4. The van der Waals surface area contributed by atoms with Gasteiger partial charge in [0.15, 0.2) is 0 Å². The first-order chi connectivity index (χ1) is 11.7. The van der Waals surface area contributed by atoms with Crippen molar-refractivity contribution in [2.75, 3.05) is 23.7 Å². The lowest BCUT2D eigenvalue weighted by Gasteiger charge is -2.20. The zero-order valence-corrected chi connectivity index (χ0v) is 14.8. The summed E-state index contributed by atoms with van der Waals surface area (Å²) in [7, 11) is 0. The van der Waals surface area contributed by atoms with Crippen molar-refractivity contribution in [1.29, 1.82) is 0 Å². The first-order valence-electron chi connectivity index (χ1n) is 8.39. The summed E-state index contributed by atoms with van der Waals surface area (Å²) in [5.41, 5.74) is 0.376. The molecule has 0 saturated carbocycles. The summed E-state index contributed by atoms with van der Waals surface area (Å²) in [5, 5.41) is 14.8. The van der Waals surface area contributed by atoms with E-state index in [4.69, 9.17) is 0 Å². The van der Waals surface area contributed by atoms with E-state index < -0.39 is 11.4 Å². The highest BCUT2D eigenvalue weighted by Crippen LogP contribution is 2.30. The summed E-state index contributed by atoms with van der Waals surface area (Å²) >= 11 is 0. The molecule has 0 spiro atoms. The zero-order valence-electron chi connectivity index (χ0n) is 14.8. The molecule has 1 atom stereocenters. The number of rotatable bonds is 5. The fraction of sp³-hybridized carbons (Fsp3) is 0.500. The molecule has 0 radical (unpaired) electrons. The summed E-state index contributed by atoms with van der Waals surface area (Å²) < 4.78 is 0. The molecule has 1 fully saturated rings. The monoisotopic (exact) mass is 347 g/mol. The van der Waals surface area contributed by atoms with E-state index in [1.165, 1.54) is 4.90 Å². The largest absolute Gasteiger partial charge is 0.481 e. The Hall–Kier alpha value is -2.57. The average molecular weight is 347 g/mol. The molecule has 3 N–H and O–H groups in total. The van der Waals surface area contributed by atoms with Crippen LogP contribution in [-0.2, 0) is 9.59 Å². The maximum Gasteiger partial charge on any atom is 0.321 e. The number of urea groups is 1. The molecule has 1 aliphatic heterocycles. The van der Waals surface area contributed by atoms with Gasteiger partial charge in [0.05, 0.1) is 5.41 Å². The quantitative estimate of drug-likeness (QED) is 0.762. The zero-order chi connectivity index (χ0) is 18.6. The fourth-order valence-electron chi connectivity index (χ4n) is 2.73. The molecule has 3 amide bonds. The lowest BCUT2D eigenvalue weighted by Crippen LogP contribution is -2.37. The first-order valence-corrected chi connectivity index (χ1v) is 8.39. The van der Waals surface area contributed by atoms with Crippen molar-refractivity contribution in [3.63, 3.8) is 0 Å². The van der Waals surface area contributed by atoms with Crippen molar-refractivity contribution in [1.82, 2.24) is 4.90 Å². The van der Waals surface area contributed by atoms with Crippen LogP contribution < -0.4 is 10.6 Å². The predicted molar refractivity (Wildman–Crippen MR) is 95.5 cm³/mol. The van der Waals surface area contributed by atoms with Crippen LogP contribution in [0.3, 0.4) is 0 Å². The molecule has 1 heterocycles. The third kappa shape index (κ3) is 4.95. The van der Waals surface area contributed by atoms with Crippen LogP contribution >= 0.6 is 0 Å². The van der Waals surface area contributed by atoms with Gasteiger partial charge in [-0.15, -0.1) is 0 Å². The molecule has 1 aromatic carbocycles. The van der Waals surface area contributed by atoms with E-state index in [1.807, 2.05) is 13.8 Å². The van der Waals surface area contributed by atoms with Gasteiger partial charge in [-0.3, -0.25) is 9.59 Å². The molecule has 25 heavy (non-hydrogen) atoms. The van der Waals surface area contributed by atoms with E-state index in [0.29, 0.717) is 30.8 Å². The number of likely N-dealkylation sites (tertiary alicyclic amines) is 1. The van der Waals surface area contributed by atoms with E-state index in [2.05, 4.69) is 10.6 Å². The van der Waals surface area contributed by atoms with Crippen molar-refractivity contribution in [3.8, 4) is 0 Å². The molecule has 136 valence electrons. The molecule has 0 aromatic heterocycles. The van der Waals surface area contributed by atoms with Crippen LogP contribution in [0, 0.1) is 11.3 Å². The van der Waals surface area contributed by atoms with E-state index >= 15 is 0 Å². The average Bonchev–Trinajstić information content (AvgIpc) is 2.92. The Balaban J connectivity index is 1.90. The summed E-state index contributed by atoms with van der Waals surface area (Å²) in [4.78, 5) is 36.8. The standard InChI is InChI=1S/C18H25N3O4/c1-12(2)10-15(22)19-13-4-6-14(7-5-13)20-17(25)21-9-8-18(3,11-21)16(23)24/h4-7,12H,8-11H2,1-3H3,(H,19,22)(H,20,25)(H,23,24). The minimum absolute atomic E-state index is 0.0446. The van der Waals surface area contributed by atoms with Gasteiger partial charge >= 0.3 is 12.0 Å². The van der Waals surface area contributed by atoms with Crippen LogP contribution in [0.25, 0.3) is 0 Å². The molecule has 0 aliphatic carbocycles. The van der Waals surface area contributed by atoms with Crippen LogP contribution in [-0.4, -0.2) is 41.0 Å². The van der Waals surface area contributed by atoms with Gasteiger partial charge in [0, 0.05) is 30.9 Å². The number of carboxylic acids is 1. The van der Waals surface area contributed by atoms with Gasteiger partial charge in [0.2, 0.25) is 5.91 Å². The number of carbonyl (C=O) groups is 3. The Kier molecular flexibility index (Phi) is 5.66. The van der Waals surface area contributed by atoms with Crippen LogP contribution in [0.1, 0.15) is 33.6 Å². The topological polar surface area (TPSA) is 98.7 Å². The maximum absolute atomic E-state index is 12.3. The van der Waals surface area contributed by atoms with E-state index in [0.717, 1.165) is 0 Å². The summed E-state index contributed by atoms with van der Waals surface area (Å²) in [6, 6.07) is 6.53. The highest BCUT2D eigenvalue weighted by atomic mass is 16.4. The van der Waals surface area contributed by atoms with Gasteiger partial charge in [0.1, 0.15) is 0 Å². The second kappa shape index (κ2) is 7.55. The molecule has 1 unspecified atom stereocenters. The number of anilines is 2. The van der Waals surface area contributed by atoms with Crippen LogP contribution in [0.4, 0.5) is 16.2 Å². The smallest absolute Gasteiger partial charge is 0.321 e. The van der Waals surface area contributed by atoms with Gasteiger partial charge in [-0.25, -0.2) is 4.79 Å². The molecule has 1 aliphatic rings. The number of carboxylic acid groups (broad SMARTS) is 1. The predicted octanol–water partition coefficient (Wildman–Crippen LogP) is 3.00. The molecule has 2 rings (SSSR count). The van der Waals surface area contributed by atoms with Gasteiger partial charge < -0.3 is 20.6 Å². The molecular weight excluding hydrogens is 322 g/mol. The van der Waals surface area contributed by atoms with Crippen molar-refractivity contribution < 1.29 is 19.5 Å². The Labute approximate surface area is 147 Å². The van der Waals surface area contributed by atoms with Crippen molar-refractivity contribution in [2.24, 2.45) is 11.3 Å². The molecule has 1 aromatic rings. The Morgan fingerprint density at radius 2 is 1.72 bits per heavy atom. The highest BCUT2D eigenvalue weighted by Gasteiger charge is 2.42. The molecule has 7 nitrogen and oxygen atoms in total. The number of hydrogen-bond donors (Lipinski definition) is 3. The minimum Gasteiger partial charge on any atom is -0.481 e. The number of hydrogen-bond acceptors (Lipinski definition) is 3. The van der Waals surface area contributed by atoms with Gasteiger partial charge in [-0.2, -0.15) is 0 Å². The number of amides is 3. The van der Waals surface area contributed by atoms with Crippen molar-refractivity contribution in [3.05, 3.63) is 24.3 Å². The summed E-state index contributed by atoms with van der Waals surface area (Å²) in [5.74, 6) is -0.642. The highest BCUT2D eigenvalue weighted by molar-refractivity contribution is 5.92. The summed E-state index contributed by atoms with van der Waals surface area (Å²) in [6.45, 7) is 6.21. The lowest BCUT2D eigenvalue weighted by molar-refractivity contribution is -0.147. The minimum atomic E-state index is -0.887. The van der Waals surface area contributed by atoms with Gasteiger partial charge in [-0.05, 0) is 43.5 Å². The third-order valence-corrected chi connectivity index (χ3v) is 4.29. The Morgan fingerprint density at radius 1 is 1.16 bits per heavy atom. The van der Waals surface area contributed by atoms with Crippen LogP contribution in [0.15, 0.2) is 24.3 Å². The molecule has 1 saturated heterocycles. The third-order valence-electron chi connectivity index (χ3n) is 4.29. The van der Waals surface area contributed by atoms with E-state index in [-0.39, 0.29) is 24.4 Å². The number of nitrogens with zero attached hydrogens (tertiary/aromatic N) is 1. The maximum atomic E-state index is 12.3. The van der Waals surface area contributed by atoms with Crippen LogP contribution in [0.2, 0.25) is 0 Å². The lowest BCUT2D eigenvalue weighted by atomic mass is 9.90. The number of benzene rings is 1. The molecule has 7 heteroatoms. The molecule has 0 bridgehead atoms. The Bertz CT molecular complexity index is 657. The van der Waals surface area contributed by atoms with Crippen molar-refractivity contribution in [2.45, 2.75) is 33.6 Å². The Morgan fingerprint density at radius 3 is 2.20 bits per heavy atom. The SMILES string of the molecule is CC(C)CC(=O)Nc1ccc(NC(=O)N2CCC(C)(C(=O)O)C2)cc1. The first kappa shape index (κ1) is 18.8. The van der Waals surface area contributed by atoms with Gasteiger partial charge in [0.25, 0.3) is 0 Å². The summed E-state index contributed by atoms with van der Waals surface area (Å²) in [6.07, 6.45) is 0.895. The fourth-order valence-corrected chi connectivity index (χ4v) is 2.73. The second-order valence-electron chi connectivity index (χ2n) is 7.19. The second-order valence-corrected chi connectivity index (χ2v) is 7.19. The van der Waals surface area contributed by atoms with Gasteiger partial charge in [-0.1, -0.05) is 13.8 Å². The normalized spacial score (nSPS) is 19.8. The van der Waals surface area contributed by atoms with Crippen LogP contribution in [0.5, 0.6) is 0 Å². The van der Waals surface area contributed by atoms with E-state index in [1.54, 1.807) is 31.2 Å².